The molecule has 0 fully saturated rings. The molecule has 2 aromatic carbocycles. The number of benzene rings is 2. The highest BCUT2D eigenvalue weighted by molar-refractivity contribution is 5.61. The lowest BCUT2D eigenvalue weighted by Crippen LogP contribution is -1.98. The lowest BCUT2D eigenvalue weighted by Gasteiger charge is -2.00. The summed E-state index contributed by atoms with van der Waals surface area (Å²) in [6.07, 6.45) is 0. The first-order chi connectivity index (χ1) is 10.8. The van der Waals surface area contributed by atoms with Crippen molar-refractivity contribution >= 4 is 17.1 Å². The number of halogens is 3. The Balaban J connectivity index is -0.000000366. The number of anilines is 1. The molecule has 2 rings (SSSR count). The summed E-state index contributed by atoms with van der Waals surface area (Å²) in [5.41, 5.74) is -1.44. The molecule has 0 saturated carbocycles. The lowest BCUT2D eigenvalue weighted by molar-refractivity contribution is -0.390. The SMILES string of the molecule is C.C.C.CNc1cccc(F)c1[N+](=O)[O-].O=[N+]([O-])c1c(F)cccc1F. The van der Waals surface area contributed by atoms with E-state index < -0.39 is 38.7 Å². The third-order valence-electron chi connectivity index (χ3n) is 2.56. The largest absolute Gasteiger partial charge is 0.382 e. The average molecular weight is 377 g/mol. The number of para-hydroxylation sites is 2. The number of hydrogen-bond donors (Lipinski definition) is 1. The molecule has 0 saturated heterocycles. The minimum absolute atomic E-state index is 0. The van der Waals surface area contributed by atoms with E-state index in [1.807, 2.05) is 0 Å². The summed E-state index contributed by atoms with van der Waals surface area (Å²) in [4.78, 5) is 18.5. The quantitative estimate of drug-likeness (QED) is 0.558. The summed E-state index contributed by atoms with van der Waals surface area (Å²) in [6.45, 7) is 0. The number of nitrogens with zero attached hydrogens (tertiary/aromatic N) is 2. The number of rotatable bonds is 3. The molecule has 0 aliphatic carbocycles. The van der Waals surface area contributed by atoms with Crippen LogP contribution < -0.4 is 5.32 Å². The number of hydrogen-bond acceptors (Lipinski definition) is 5. The molecule has 1 N–H and O–H groups in total. The zero-order chi connectivity index (χ0) is 17.6. The second-order valence-corrected chi connectivity index (χ2v) is 3.97. The van der Waals surface area contributed by atoms with Gasteiger partial charge in [0, 0.05) is 7.05 Å². The van der Waals surface area contributed by atoms with E-state index in [4.69, 9.17) is 0 Å². The molecule has 0 bridgehead atoms. The van der Waals surface area contributed by atoms with Gasteiger partial charge in [-0.3, -0.25) is 20.2 Å². The van der Waals surface area contributed by atoms with Crippen molar-refractivity contribution in [1.82, 2.24) is 0 Å². The summed E-state index contributed by atoms with van der Waals surface area (Å²) in [5.74, 6) is -3.14. The van der Waals surface area contributed by atoms with E-state index in [1.54, 1.807) is 0 Å². The number of nitrogens with one attached hydrogen (secondary N) is 1. The molecule has 0 aliphatic rings. The minimum Gasteiger partial charge on any atom is -0.382 e. The fourth-order valence-corrected chi connectivity index (χ4v) is 1.57. The van der Waals surface area contributed by atoms with Gasteiger partial charge >= 0.3 is 11.4 Å². The van der Waals surface area contributed by atoms with Crippen molar-refractivity contribution in [2.45, 2.75) is 22.3 Å². The smallest absolute Gasteiger partial charge is 0.340 e. The summed E-state index contributed by atoms with van der Waals surface area (Å²) in [6, 6.07) is 6.65. The first-order valence-corrected chi connectivity index (χ1v) is 5.98. The lowest BCUT2D eigenvalue weighted by atomic mass is 10.2. The van der Waals surface area contributed by atoms with Crippen LogP contribution in [0, 0.1) is 37.7 Å². The maximum atomic E-state index is 12.8. The highest BCUT2D eigenvalue weighted by Crippen LogP contribution is 2.26. The highest BCUT2D eigenvalue weighted by atomic mass is 19.1. The fraction of sp³-hybridized carbons (Fsp3) is 0.250. The summed E-state index contributed by atoms with van der Waals surface area (Å²) in [5, 5.41) is 22.8. The van der Waals surface area contributed by atoms with E-state index in [-0.39, 0.29) is 28.0 Å². The molecule has 146 valence electrons. The van der Waals surface area contributed by atoms with Gasteiger partial charge in [0.1, 0.15) is 5.69 Å². The molecule has 0 unspecified atom stereocenters. The Bertz CT molecular complexity index is 722. The van der Waals surface area contributed by atoms with E-state index in [2.05, 4.69) is 5.32 Å². The zero-order valence-corrected chi connectivity index (χ0v) is 11.6. The van der Waals surface area contributed by atoms with E-state index in [0.29, 0.717) is 0 Å². The van der Waals surface area contributed by atoms with Crippen LogP contribution in [0.3, 0.4) is 0 Å². The molecule has 0 aromatic heterocycles. The standard InChI is InChI=1S/C7H7FN2O2.C6H3F2NO2.3CH4/c1-9-6-4-2-3-5(8)7(6)10(11)12;7-4-2-1-3-5(8)6(4)9(10)11;;;/h2-4,9H,1H3;1-3H;3*1H4. The molecule has 7 nitrogen and oxygen atoms in total. The molecule has 2 aromatic rings. The van der Waals surface area contributed by atoms with Crippen molar-refractivity contribution in [3.63, 3.8) is 0 Å². The molecule has 0 aliphatic heterocycles. The van der Waals surface area contributed by atoms with Gasteiger partial charge in [-0.25, -0.2) is 0 Å². The molecule has 0 radical (unpaired) electrons. The second-order valence-electron chi connectivity index (χ2n) is 3.97. The summed E-state index contributed by atoms with van der Waals surface area (Å²) in [7, 11) is 1.50. The van der Waals surface area contributed by atoms with Gasteiger partial charge in [0.2, 0.25) is 17.5 Å². The van der Waals surface area contributed by atoms with Crippen LogP contribution in [-0.4, -0.2) is 16.9 Å². The molecule has 0 atom stereocenters. The predicted octanol–water partition coefficient (Wildman–Crippen LogP) is 5.56. The summed E-state index contributed by atoms with van der Waals surface area (Å²) < 4.78 is 37.6. The van der Waals surface area contributed by atoms with Crippen molar-refractivity contribution in [1.29, 1.82) is 0 Å². The molecular weight excluding hydrogens is 355 g/mol. The van der Waals surface area contributed by atoms with Crippen molar-refractivity contribution < 1.29 is 23.0 Å². The molecule has 10 heteroatoms. The number of nitro benzene ring substituents is 2. The van der Waals surface area contributed by atoms with Crippen LogP contribution in [0.4, 0.5) is 30.2 Å². The van der Waals surface area contributed by atoms with Gasteiger partial charge < -0.3 is 5.32 Å². The molecule has 0 spiro atoms. The monoisotopic (exact) mass is 377 g/mol. The van der Waals surface area contributed by atoms with Gasteiger partial charge in [-0.15, -0.1) is 0 Å². The van der Waals surface area contributed by atoms with Crippen LogP contribution in [0.2, 0.25) is 0 Å². The third kappa shape index (κ3) is 6.75. The maximum absolute atomic E-state index is 12.8. The van der Waals surface area contributed by atoms with Gasteiger partial charge in [-0.05, 0) is 24.3 Å². The van der Waals surface area contributed by atoms with Gasteiger partial charge in [0.25, 0.3) is 0 Å². The Labute approximate surface area is 149 Å². The first kappa shape index (κ1) is 27.7. The van der Waals surface area contributed by atoms with Crippen LogP contribution in [-0.2, 0) is 0 Å². The average Bonchev–Trinajstić information content (AvgIpc) is 2.46. The topological polar surface area (TPSA) is 98.3 Å². The highest BCUT2D eigenvalue weighted by Gasteiger charge is 2.19. The molecule has 26 heavy (non-hydrogen) atoms. The van der Waals surface area contributed by atoms with E-state index in [0.717, 1.165) is 24.3 Å². The zero-order valence-electron chi connectivity index (χ0n) is 11.6. The van der Waals surface area contributed by atoms with E-state index in [1.165, 1.54) is 19.2 Å². The number of nitro groups is 2. The Morgan fingerprint density at radius 2 is 1.12 bits per heavy atom. The first-order valence-electron chi connectivity index (χ1n) is 5.98. The van der Waals surface area contributed by atoms with Crippen molar-refractivity contribution in [2.24, 2.45) is 0 Å². The summed E-state index contributed by atoms with van der Waals surface area (Å²) >= 11 is 0. The Hall–Kier alpha value is -3.17. The Morgan fingerprint density at radius 3 is 1.38 bits per heavy atom. The van der Waals surface area contributed by atoms with Gasteiger partial charge in [-0.1, -0.05) is 34.4 Å². The molecule has 0 heterocycles. The minimum atomic E-state index is -1.16. The van der Waals surface area contributed by atoms with Crippen molar-refractivity contribution in [2.75, 3.05) is 12.4 Å². The Kier molecular flexibility index (Phi) is 13.0. The Morgan fingerprint density at radius 1 is 0.769 bits per heavy atom. The van der Waals surface area contributed by atoms with E-state index in [9.17, 15) is 33.4 Å². The van der Waals surface area contributed by atoms with Crippen LogP contribution in [0.15, 0.2) is 36.4 Å². The van der Waals surface area contributed by atoms with Crippen LogP contribution in [0.1, 0.15) is 22.3 Å². The van der Waals surface area contributed by atoms with Crippen molar-refractivity contribution in [3.05, 3.63) is 74.1 Å². The van der Waals surface area contributed by atoms with E-state index >= 15 is 0 Å². The molecule has 0 amide bonds. The van der Waals surface area contributed by atoms with Crippen LogP contribution in [0.5, 0.6) is 0 Å². The fourth-order valence-electron chi connectivity index (χ4n) is 1.57. The third-order valence-corrected chi connectivity index (χ3v) is 2.56. The maximum Gasteiger partial charge on any atom is 0.340 e. The second kappa shape index (κ2) is 12.2. The normalized spacial score (nSPS) is 8.46. The van der Waals surface area contributed by atoms with Gasteiger partial charge in [0.15, 0.2) is 0 Å². The van der Waals surface area contributed by atoms with Crippen LogP contribution in [0.25, 0.3) is 0 Å². The van der Waals surface area contributed by atoms with Gasteiger partial charge in [0.05, 0.1) is 9.85 Å². The molecular formula is C16H22F3N3O4. The van der Waals surface area contributed by atoms with Crippen LogP contribution >= 0.6 is 0 Å². The van der Waals surface area contributed by atoms with Gasteiger partial charge in [-0.2, -0.15) is 13.2 Å². The predicted molar refractivity (Wildman–Crippen MR) is 95.8 cm³/mol. The van der Waals surface area contributed by atoms with Crippen molar-refractivity contribution in [3.8, 4) is 0 Å².